The summed E-state index contributed by atoms with van der Waals surface area (Å²) >= 11 is 0. The number of benzene rings is 1. The molecule has 4 nitrogen and oxygen atoms in total. The van der Waals surface area contributed by atoms with Crippen molar-refractivity contribution in [2.75, 3.05) is 6.54 Å². The largest absolute Gasteiger partial charge is 0.445 e. The third-order valence-corrected chi connectivity index (χ3v) is 4.22. The van der Waals surface area contributed by atoms with Gasteiger partial charge in [-0.15, -0.1) is 6.58 Å². The van der Waals surface area contributed by atoms with Crippen molar-refractivity contribution in [3.8, 4) is 0 Å². The van der Waals surface area contributed by atoms with Crippen LogP contribution >= 0.6 is 0 Å². The van der Waals surface area contributed by atoms with Gasteiger partial charge in [0.15, 0.2) is 0 Å². The van der Waals surface area contributed by atoms with Gasteiger partial charge in [-0.05, 0) is 24.8 Å². The van der Waals surface area contributed by atoms with Gasteiger partial charge in [0.1, 0.15) is 12.4 Å². The van der Waals surface area contributed by atoms with Crippen molar-refractivity contribution in [1.82, 2.24) is 5.32 Å². The van der Waals surface area contributed by atoms with Crippen molar-refractivity contribution in [3.05, 3.63) is 48.6 Å². The van der Waals surface area contributed by atoms with Crippen LogP contribution in [0.3, 0.4) is 0 Å². The molecule has 0 aromatic heterocycles. The van der Waals surface area contributed by atoms with E-state index in [0.717, 1.165) is 24.8 Å². The van der Waals surface area contributed by atoms with Gasteiger partial charge >= 0.3 is 6.09 Å². The van der Waals surface area contributed by atoms with Gasteiger partial charge in [-0.3, -0.25) is 4.79 Å². The number of rotatable bonds is 6. The Balaban J connectivity index is 1.85. The van der Waals surface area contributed by atoms with E-state index in [2.05, 4.69) is 11.9 Å². The molecule has 1 atom stereocenters. The topological polar surface area (TPSA) is 55.4 Å². The summed E-state index contributed by atoms with van der Waals surface area (Å²) in [5, 5.41) is 2.75. The van der Waals surface area contributed by atoms with Crippen molar-refractivity contribution in [2.45, 2.75) is 38.7 Å². The molecule has 1 N–H and O–H groups in total. The lowest BCUT2D eigenvalue weighted by Crippen LogP contribution is -2.44. The fraction of sp³-hybridized carbons (Fsp3) is 0.444. The Labute approximate surface area is 131 Å². The average molecular weight is 301 g/mol. The molecule has 1 aliphatic carbocycles. The smallest absolute Gasteiger partial charge is 0.407 e. The second-order valence-electron chi connectivity index (χ2n) is 5.82. The van der Waals surface area contributed by atoms with Crippen molar-refractivity contribution < 1.29 is 14.3 Å². The van der Waals surface area contributed by atoms with E-state index >= 15 is 0 Å². The maximum Gasteiger partial charge on any atom is 0.407 e. The quantitative estimate of drug-likeness (QED) is 0.816. The first-order valence-electron chi connectivity index (χ1n) is 7.75. The molecule has 0 bridgehead atoms. The van der Waals surface area contributed by atoms with Gasteiger partial charge in [-0.1, -0.05) is 42.8 Å². The Hall–Kier alpha value is -2.10. The molecule has 0 heterocycles. The number of alkyl carbamates (subject to hydrolysis) is 1. The van der Waals surface area contributed by atoms with Gasteiger partial charge < -0.3 is 10.1 Å². The Morgan fingerprint density at radius 1 is 1.32 bits per heavy atom. The standard InChI is InChI=1S/C18H23NO3/c1-2-11-18(12-7-6-10-16(18)20)14-19-17(21)22-13-15-8-4-3-5-9-15/h2-5,8-9H,1,6-7,10-14H2,(H,19,21)/t18-/m1/s1. The van der Waals surface area contributed by atoms with E-state index in [1.807, 2.05) is 30.3 Å². The van der Waals surface area contributed by atoms with Crippen LogP contribution < -0.4 is 5.32 Å². The first kappa shape index (κ1) is 16.3. The summed E-state index contributed by atoms with van der Waals surface area (Å²) in [5.74, 6) is 0.224. The lowest BCUT2D eigenvalue weighted by molar-refractivity contribution is -0.130. The Bertz CT molecular complexity index is 526. The van der Waals surface area contributed by atoms with Crippen LogP contribution in [0.2, 0.25) is 0 Å². The van der Waals surface area contributed by atoms with E-state index in [9.17, 15) is 9.59 Å². The number of carbonyl (C=O) groups excluding carboxylic acids is 2. The molecule has 1 aromatic carbocycles. The van der Waals surface area contributed by atoms with E-state index in [1.165, 1.54) is 0 Å². The number of hydrogen-bond acceptors (Lipinski definition) is 3. The number of carbonyl (C=O) groups is 2. The van der Waals surface area contributed by atoms with Crippen molar-refractivity contribution in [3.63, 3.8) is 0 Å². The lowest BCUT2D eigenvalue weighted by Gasteiger charge is -2.34. The highest BCUT2D eigenvalue weighted by Crippen LogP contribution is 2.36. The Morgan fingerprint density at radius 2 is 2.09 bits per heavy atom. The molecule has 22 heavy (non-hydrogen) atoms. The molecule has 0 aliphatic heterocycles. The molecule has 0 unspecified atom stereocenters. The van der Waals surface area contributed by atoms with Crippen LogP contribution in [0.1, 0.15) is 37.7 Å². The summed E-state index contributed by atoms with van der Waals surface area (Å²) in [6.45, 7) is 4.30. The number of ketones is 1. The first-order valence-corrected chi connectivity index (χ1v) is 7.75. The normalized spacial score (nSPS) is 21.2. The molecular formula is C18H23NO3. The van der Waals surface area contributed by atoms with E-state index in [4.69, 9.17) is 4.74 Å². The molecule has 0 spiro atoms. The van der Waals surface area contributed by atoms with Crippen molar-refractivity contribution in [1.29, 1.82) is 0 Å². The highest BCUT2D eigenvalue weighted by molar-refractivity contribution is 5.86. The maximum absolute atomic E-state index is 12.3. The summed E-state index contributed by atoms with van der Waals surface area (Å²) in [7, 11) is 0. The fourth-order valence-electron chi connectivity index (χ4n) is 2.92. The van der Waals surface area contributed by atoms with E-state index in [-0.39, 0.29) is 12.4 Å². The predicted molar refractivity (Wildman–Crippen MR) is 85.4 cm³/mol. The van der Waals surface area contributed by atoms with E-state index in [1.54, 1.807) is 6.08 Å². The molecular weight excluding hydrogens is 278 g/mol. The number of Topliss-reactive ketones (excluding diaryl/α,β-unsaturated/α-hetero) is 1. The molecule has 1 aromatic rings. The summed E-state index contributed by atoms with van der Waals surface area (Å²) in [6.07, 6.45) is 5.23. The molecule has 1 amide bonds. The van der Waals surface area contributed by atoms with Gasteiger partial charge in [0.25, 0.3) is 0 Å². The molecule has 118 valence electrons. The zero-order valence-corrected chi connectivity index (χ0v) is 12.8. The fourth-order valence-corrected chi connectivity index (χ4v) is 2.92. The minimum atomic E-state index is -0.494. The number of ether oxygens (including phenoxy) is 1. The minimum absolute atomic E-state index is 0.224. The van der Waals surface area contributed by atoms with Crippen LogP contribution in [0.5, 0.6) is 0 Å². The van der Waals surface area contributed by atoms with Crippen molar-refractivity contribution >= 4 is 11.9 Å². The Kier molecular flexibility index (Phi) is 5.75. The van der Waals surface area contributed by atoms with Gasteiger partial charge in [0.2, 0.25) is 0 Å². The first-order chi connectivity index (χ1) is 10.7. The summed E-state index contributed by atoms with van der Waals surface area (Å²) in [5.41, 5.74) is 0.443. The highest BCUT2D eigenvalue weighted by Gasteiger charge is 2.38. The van der Waals surface area contributed by atoms with Crippen LogP contribution in [-0.2, 0) is 16.1 Å². The molecule has 4 heteroatoms. The second-order valence-corrected chi connectivity index (χ2v) is 5.82. The van der Waals surface area contributed by atoms with E-state index < -0.39 is 11.5 Å². The lowest BCUT2D eigenvalue weighted by atomic mass is 9.71. The van der Waals surface area contributed by atoms with Crippen molar-refractivity contribution in [2.24, 2.45) is 5.41 Å². The zero-order valence-electron chi connectivity index (χ0n) is 12.8. The summed E-state index contributed by atoms with van der Waals surface area (Å²) < 4.78 is 5.19. The summed E-state index contributed by atoms with van der Waals surface area (Å²) in [4.78, 5) is 24.1. The molecule has 1 saturated carbocycles. The van der Waals surface area contributed by atoms with Crippen LogP contribution in [0.15, 0.2) is 43.0 Å². The average Bonchev–Trinajstić information content (AvgIpc) is 2.55. The number of amides is 1. The third-order valence-electron chi connectivity index (χ3n) is 4.22. The monoisotopic (exact) mass is 301 g/mol. The SMILES string of the molecule is C=CC[C@]1(CNC(=O)OCc2ccccc2)CCCCC1=O. The van der Waals surface area contributed by atoms with Gasteiger partial charge in [0, 0.05) is 18.4 Å². The second kappa shape index (κ2) is 7.78. The van der Waals surface area contributed by atoms with E-state index in [0.29, 0.717) is 19.4 Å². The maximum atomic E-state index is 12.3. The molecule has 2 rings (SSSR count). The Morgan fingerprint density at radius 3 is 2.77 bits per heavy atom. The van der Waals surface area contributed by atoms with Gasteiger partial charge in [0.05, 0.1) is 0 Å². The van der Waals surface area contributed by atoms with Crippen LogP contribution in [-0.4, -0.2) is 18.4 Å². The zero-order chi connectivity index (χ0) is 15.8. The van der Waals surface area contributed by atoms with Crippen LogP contribution in [0.25, 0.3) is 0 Å². The molecule has 1 fully saturated rings. The molecule has 1 aliphatic rings. The van der Waals surface area contributed by atoms with Crippen LogP contribution in [0, 0.1) is 5.41 Å². The van der Waals surface area contributed by atoms with Gasteiger partial charge in [-0.25, -0.2) is 4.79 Å². The van der Waals surface area contributed by atoms with Gasteiger partial charge in [-0.2, -0.15) is 0 Å². The predicted octanol–water partition coefficient (Wildman–Crippen LogP) is 3.62. The minimum Gasteiger partial charge on any atom is -0.445 e. The molecule has 0 radical (unpaired) electrons. The number of allylic oxidation sites excluding steroid dienone is 1. The van der Waals surface area contributed by atoms with Crippen LogP contribution in [0.4, 0.5) is 4.79 Å². The highest BCUT2D eigenvalue weighted by atomic mass is 16.5. The molecule has 0 saturated heterocycles. The number of hydrogen-bond donors (Lipinski definition) is 1. The summed E-state index contributed by atoms with van der Waals surface area (Å²) in [6, 6.07) is 9.51. The number of nitrogens with one attached hydrogen (secondary N) is 1. The third kappa shape index (κ3) is 4.20.